The highest BCUT2D eigenvalue weighted by atomic mass is 19.1. The standard InChI is InChI=1S/C18H19FN4O/c1-23-12-14(18(22-23)13-6-8-20-9-7-13)10-21-11-17(24)15-4-2-3-5-16(15)19/h2-9,12,17,21,24H,10-11H2,1H3. The molecule has 5 nitrogen and oxygen atoms in total. The molecule has 1 aromatic carbocycles. The third-order valence-corrected chi connectivity index (χ3v) is 3.78. The highest BCUT2D eigenvalue weighted by molar-refractivity contribution is 5.61. The second-order valence-electron chi connectivity index (χ2n) is 5.58. The van der Waals surface area contributed by atoms with E-state index in [2.05, 4.69) is 15.4 Å². The van der Waals surface area contributed by atoms with Crippen LogP contribution in [-0.4, -0.2) is 26.4 Å². The molecule has 2 heterocycles. The van der Waals surface area contributed by atoms with E-state index in [-0.39, 0.29) is 6.54 Å². The molecule has 6 heteroatoms. The first-order chi connectivity index (χ1) is 11.6. The summed E-state index contributed by atoms with van der Waals surface area (Å²) in [5, 5.41) is 17.8. The predicted octanol–water partition coefficient (Wildman–Crippen LogP) is 2.44. The zero-order valence-electron chi connectivity index (χ0n) is 13.4. The normalized spacial score (nSPS) is 12.3. The molecule has 3 rings (SSSR count). The summed E-state index contributed by atoms with van der Waals surface area (Å²) in [5.41, 5.74) is 3.15. The van der Waals surface area contributed by atoms with E-state index in [1.807, 2.05) is 25.4 Å². The average Bonchev–Trinajstić information content (AvgIpc) is 2.97. The van der Waals surface area contributed by atoms with E-state index < -0.39 is 11.9 Å². The van der Waals surface area contributed by atoms with Gasteiger partial charge in [0.05, 0.1) is 11.8 Å². The first-order valence-corrected chi connectivity index (χ1v) is 7.71. The number of benzene rings is 1. The van der Waals surface area contributed by atoms with Crippen molar-refractivity contribution in [1.29, 1.82) is 0 Å². The highest BCUT2D eigenvalue weighted by Crippen LogP contribution is 2.21. The number of halogens is 1. The summed E-state index contributed by atoms with van der Waals surface area (Å²) in [5.74, 6) is -0.398. The number of aliphatic hydroxyl groups is 1. The molecule has 0 spiro atoms. The zero-order valence-corrected chi connectivity index (χ0v) is 13.4. The van der Waals surface area contributed by atoms with Gasteiger partial charge in [0.2, 0.25) is 0 Å². The molecule has 2 aromatic heterocycles. The number of aromatic nitrogens is 3. The fraction of sp³-hybridized carbons (Fsp3) is 0.222. The first-order valence-electron chi connectivity index (χ1n) is 7.71. The molecule has 0 aliphatic heterocycles. The van der Waals surface area contributed by atoms with Crippen LogP contribution in [0.2, 0.25) is 0 Å². The fourth-order valence-electron chi connectivity index (χ4n) is 2.62. The second-order valence-corrected chi connectivity index (χ2v) is 5.58. The Bertz CT molecular complexity index is 804. The molecular weight excluding hydrogens is 307 g/mol. The maximum absolute atomic E-state index is 13.7. The third-order valence-electron chi connectivity index (χ3n) is 3.78. The van der Waals surface area contributed by atoms with Crippen LogP contribution in [0.4, 0.5) is 4.39 Å². The number of hydrogen-bond acceptors (Lipinski definition) is 4. The molecule has 0 saturated heterocycles. The van der Waals surface area contributed by atoms with E-state index in [9.17, 15) is 9.50 Å². The van der Waals surface area contributed by atoms with Gasteiger partial charge in [-0.05, 0) is 18.2 Å². The van der Waals surface area contributed by atoms with Crippen LogP contribution >= 0.6 is 0 Å². The van der Waals surface area contributed by atoms with Crippen LogP contribution in [0, 0.1) is 5.82 Å². The summed E-state index contributed by atoms with van der Waals surface area (Å²) in [6, 6.07) is 10.1. The van der Waals surface area contributed by atoms with Crippen molar-refractivity contribution >= 4 is 0 Å². The molecule has 0 radical (unpaired) electrons. The maximum atomic E-state index is 13.7. The molecule has 24 heavy (non-hydrogen) atoms. The van der Waals surface area contributed by atoms with Gasteiger partial charge in [0.25, 0.3) is 0 Å². The van der Waals surface area contributed by atoms with Crippen LogP contribution in [0.1, 0.15) is 17.2 Å². The molecule has 1 atom stereocenters. The van der Waals surface area contributed by atoms with Crippen LogP contribution in [0.5, 0.6) is 0 Å². The van der Waals surface area contributed by atoms with E-state index in [0.717, 1.165) is 16.8 Å². The van der Waals surface area contributed by atoms with Crippen molar-refractivity contribution in [3.05, 3.63) is 71.9 Å². The number of aryl methyl sites for hydroxylation is 1. The van der Waals surface area contributed by atoms with Crippen LogP contribution in [0.3, 0.4) is 0 Å². The van der Waals surface area contributed by atoms with E-state index in [4.69, 9.17) is 0 Å². The summed E-state index contributed by atoms with van der Waals surface area (Å²) < 4.78 is 15.4. The van der Waals surface area contributed by atoms with Crippen molar-refractivity contribution in [1.82, 2.24) is 20.1 Å². The van der Waals surface area contributed by atoms with E-state index in [0.29, 0.717) is 12.1 Å². The van der Waals surface area contributed by atoms with Gasteiger partial charge in [-0.15, -0.1) is 0 Å². The minimum Gasteiger partial charge on any atom is -0.387 e. The van der Waals surface area contributed by atoms with Crippen LogP contribution < -0.4 is 5.32 Å². The van der Waals surface area contributed by atoms with Gasteiger partial charge < -0.3 is 10.4 Å². The lowest BCUT2D eigenvalue weighted by Gasteiger charge is -2.13. The van der Waals surface area contributed by atoms with Gasteiger partial charge in [-0.3, -0.25) is 9.67 Å². The minimum absolute atomic E-state index is 0.256. The Labute approximate surface area is 139 Å². The van der Waals surface area contributed by atoms with Crippen molar-refractivity contribution in [2.24, 2.45) is 7.05 Å². The number of pyridine rings is 1. The van der Waals surface area contributed by atoms with Gasteiger partial charge >= 0.3 is 0 Å². The van der Waals surface area contributed by atoms with Gasteiger partial charge in [-0.1, -0.05) is 18.2 Å². The zero-order chi connectivity index (χ0) is 16.9. The highest BCUT2D eigenvalue weighted by Gasteiger charge is 2.13. The summed E-state index contributed by atoms with van der Waals surface area (Å²) in [6.45, 7) is 0.780. The molecule has 3 aromatic rings. The Morgan fingerprint density at radius 2 is 1.96 bits per heavy atom. The first kappa shape index (κ1) is 16.3. The van der Waals surface area contributed by atoms with Gasteiger partial charge in [0.1, 0.15) is 5.82 Å². The summed E-state index contributed by atoms with van der Waals surface area (Å²) >= 11 is 0. The average molecular weight is 326 g/mol. The van der Waals surface area contributed by atoms with E-state index in [1.165, 1.54) is 6.07 Å². The van der Waals surface area contributed by atoms with Gasteiger partial charge in [-0.25, -0.2) is 4.39 Å². The van der Waals surface area contributed by atoms with Crippen molar-refractivity contribution in [3.63, 3.8) is 0 Å². The summed E-state index contributed by atoms with van der Waals surface area (Å²) in [4.78, 5) is 4.02. The quantitative estimate of drug-likeness (QED) is 0.730. The SMILES string of the molecule is Cn1cc(CNCC(O)c2ccccc2F)c(-c2ccncc2)n1. The minimum atomic E-state index is -0.896. The topological polar surface area (TPSA) is 63.0 Å². The van der Waals surface area contributed by atoms with Gasteiger partial charge in [-0.2, -0.15) is 5.10 Å². The number of aliphatic hydroxyl groups excluding tert-OH is 1. The number of nitrogens with one attached hydrogen (secondary N) is 1. The molecule has 0 saturated carbocycles. The van der Waals surface area contributed by atoms with Crippen LogP contribution in [0.25, 0.3) is 11.3 Å². The Morgan fingerprint density at radius 1 is 1.21 bits per heavy atom. The second kappa shape index (κ2) is 7.33. The number of rotatable bonds is 6. The van der Waals surface area contributed by atoms with E-state index >= 15 is 0 Å². The van der Waals surface area contributed by atoms with Crippen molar-refractivity contribution in [2.75, 3.05) is 6.54 Å². The molecule has 0 aliphatic rings. The molecule has 1 unspecified atom stereocenters. The maximum Gasteiger partial charge on any atom is 0.129 e. The summed E-state index contributed by atoms with van der Waals surface area (Å²) in [6.07, 6.45) is 4.48. The Kier molecular flexibility index (Phi) is 4.98. The van der Waals surface area contributed by atoms with Crippen LogP contribution in [-0.2, 0) is 13.6 Å². The predicted molar refractivity (Wildman–Crippen MR) is 89.5 cm³/mol. The molecular formula is C18H19FN4O. The molecule has 0 amide bonds. The third kappa shape index (κ3) is 3.67. The van der Waals surface area contributed by atoms with Crippen molar-refractivity contribution in [2.45, 2.75) is 12.6 Å². The monoisotopic (exact) mass is 326 g/mol. The lowest BCUT2D eigenvalue weighted by Crippen LogP contribution is -2.21. The van der Waals surface area contributed by atoms with Crippen LogP contribution in [0.15, 0.2) is 55.0 Å². The number of nitrogens with zero attached hydrogens (tertiary/aromatic N) is 3. The van der Waals surface area contributed by atoms with Gasteiger partial charge in [0.15, 0.2) is 0 Å². The summed E-state index contributed by atoms with van der Waals surface area (Å²) in [7, 11) is 1.86. The molecule has 0 fully saturated rings. The molecule has 0 aliphatic carbocycles. The lowest BCUT2D eigenvalue weighted by atomic mass is 10.1. The van der Waals surface area contributed by atoms with Crippen molar-refractivity contribution < 1.29 is 9.50 Å². The molecule has 0 bridgehead atoms. The fourth-order valence-corrected chi connectivity index (χ4v) is 2.62. The number of hydrogen-bond donors (Lipinski definition) is 2. The Hall–Kier alpha value is -2.57. The lowest BCUT2D eigenvalue weighted by molar-refractivity contribution is 0.169. The van der Waals surface area contributed by atoms with Gasteiger partial charge in [0, 0.05) is 55.4 Å². The smallest absolute Gasteiger partial charge is 0.129 e. The van der Waals surface area contributed by atoms with Crippen molar-refractivity contribution in [3.8, 4) is 11.3 Å². The Morgan fingerprint density at radius 3 is 2.71 bits per heavy atom. The largest absolute Gasteiger partial charge is 0.387 e. The molecule has 2 N–H and O–H groups in total. The Balaban J connectivity index is 1.67. The molecule has 124 valence electrons. The van der Waals surface area contributed by atoms with E-state index in [1.54, 1.807) is 35.3 Å².